The van der Waals surface area contributed by atoms with Crippen LogP contribution in [0.1, 0.15) is 5.56 Å². The van der Waals surface area contributed by atoms with Crippen molar-refractivity contribution in [1.82, 2.24) is 4.31 Å². The molecule has 3 aromatic carbocycles. The fourth-order valence-electron chi connectivity index (χ4n) is 3.11. The van der Waals surface area contributed by atoms with Crippen LogP contribution in [0.5, 0.6) is 11.5 Å². The quantitative estimate of drug-likeness (QED) is 0.446. The van der Waals surface area contributed by atoms with Gasteiger partial charge in [-0.1, -0.05) is 53.5 Å². The summed E-state index contributed by atoms with van der Waals surface area (Å²) in [6.45, 7) is -0.480. The highest BCUT2D eigenvalue weighted by atomic mass is 35.5. The van der Waals surface area contributed by atoms with Crippen molar-refractivity contribution in [2.75, 3.05) is 26.1 Å². The van der Waals surface area contributed by atoms with Crippen LogP contribution in [0.15, 0.2) is 71.6 Å². The lowest BCUT2D eigenvalue weighted by Crippen LogP contribution is -2.37. The van der Waals surface area contributed by atoms with Gasteiger partial charge in [-0.15, -0.1) is 0 Å². The molecule has 33 heavy (non-hydrogen) atoms. The van der Waals surface area contributed by atoms with E-state index in [-0.39, 0.29) is 22.2 Å². The van der Waals surface area contributed by atoms with Crippen molar-refractivity contribution < 1.29 is 22.7 Å². The Kier molecular flexibility index (Phi) is 8.20. The lowest BCUT2D eigenvalue weighted by Gasteiger charge is -2.23. The van der Waals surface area contributed by atoms with E-state index < -0.39 is 22.5 Å². The van der Waals surface area contributed by atoms with E-state index in [9.17, 15) is 13.2 Å². The molecule has 0 bridgehead atoms. The molecule has 0 aliphatic rings. The van der Waals surface area contributed by atoms with Gasteiger partial charge in [0.25, 0.3) is 0 Å². The zero-order valence-electron chi connectivity index (χ0n) is 17.9. The SMILES string of the molecule is COc1ccc(NC(=O)CN(Cc2ccccc2)S(=O)(=O)c2cc(Cl)ccc2OC)cc1Cl. The molecule has 0 atom stereocenters. The Morgan fingerprint density at radius 2 is 1.61 bits per heavy atom. The van der Waals surface area contributed by atoms with Gasteiger partial charge < -0.3 is 14.8 Å². The summed E-state index contributed by atoms with van der Waals surface area (Å²) >= 11 is 12.2. The summed E-state index contributed by atoms with van der Waals surface area (Å²) in [5, 5.41) is 3.21. The summed E-state index contributed by atoms with van der Waals surface area (Å²) in [5.74, 6) is 0.0348. The molecule has 0 radical (unpaired) electrons. The third-order valence-corrected chi connectivity index (χ3v) is 7.04. The number of hydrogen-bond acceptors (Lipinski definition) is 5. The van der Waals surface area contributed by atoms with Crippen LogP contribution in [0.3, 0.4) is 0 Å². The number of anilines is 1. The van der Waals surface area contributed by atoms with Gasteiger partial charge in [0, 0.05) is 17.3 Å². The van der Waals surface area contributed by atoms with Crippen molar-refractivity contribution in [3.05, 3.63) is 82.3 Å². The van der Waals surface area contributed by atoms with E-state index in [1.807, 2.05) is 6.07 Å². The van der Waals surface area contributed by atoms with Gasteiger partial charge in [-0.05, 0) is 42.0 Å². The number of rotatable bonds is 9. The zero-order valence-corrected chi connectivity index (χ0v) is 20.2. The Labute approximate surface area is 202 Å². The molecule has 0 spiro atoms. The van der Waals surface area contributed by atoms with Gasteiger partial charge in [0.05, 0.1) is 25.8 Å². The predicted molar refractivity (Wildman–Crippen MR) is 129 cm³/mol. The number of nitrogens with one attached hydrogen (secondary N) is 1. The molecule has 0 fully saturated rings. The lowest BCUT2D eigenvalue weighted by atomic mass is 10.2. The van der Waals surface area contributed by atoms with Gasteiger partial charge in [0.1, 0.15) is 16.4 Å². The molecular weight excluding hydrogens is 487 g/mol. The number of halogens is 2. The third-order valence-electron chi connectivity index (χ3n) is 4.70. The average Bonchev–Trinajstić information content (AvgIpc) is 2.79. The van der Waals surface area contributed by atoms with Gasteiger partial charge in [-0.2, -0.15) is 4.31 Å². The Morgan fingerprint density at radius 3 is 2.24 bits per heavy atom. The molecule has 0 saturated carbocycles. The van der Waals surface area contributed by atoms with Crippen LogP contribution in [-0.2, 0) is 21.4 Å². The van der Waals surface area contributed by atoms with Gasteiger partial charge in [-0.25, -0.2) is 8.42 Å². The number of nitrogens with zero attached hydrogens (tertiary/aromatic N) is 1. The minimum absolute atomic E-state index is 0.0321. The van der Waals surface area contributed by atoms with E-state index in [4.69, 9.17) is 32.7 Å². The number of benzene rings is 3. The largest absolute Gasteiger partial charge is 0.495 e. The van der Waals surface area contributed by atoms with Crippen molar-refractivity contribution in [2.24, 2.45) is 0 Å². The zero-order chi connectivity index (χ0) is 24.0. The van der Waals surface area contributed by atoms with Crippen molar-refractivity contribution >= 4 is 44.8 Å². The molecule has 0 aromatic heterocycles. The number of carbonyl (C=O) groups excluding carboxylic acids is 1. The van der Waals surface area contributed by atoms with Crippen LogP contribution >= 0.6 is 23.2 Å². The first-order chi connectivity index (χ1) is 15.7. The van der Waals surface area contributed by atoms with E-state index >= 15 is 0 Å². The number of sulfonamides is 1. The maximum atomic E-state index is 13.6. The highest BCUT2D eigenvalue weighted by Gasteiger charge is 2.30. The number of carbonyl (C=O) groups is 1. The summed E-state index contributed by atoms with van der Waals surface area (Å²) in [5.41, 5.74) is 1.12. The van der Waals surface area contributed by atoms with Crippen LogP contribution < -0.4 is 14.8 Å². The normalized spacial score (nSPS) is 11.3. The predicted octanol–water partition coefficient (Wildman–Crippen LogP) is 4.84. The Morgan fingerprint density at radius 1 is 0.939 bits per heavy atom. The van der Waals surface area contributed by atoms with E-state index in [1.54, 1.807) is 36.4 Å². The summed E-state index contributed by atoms with van der Waals surface area (Å²) in [4.78, 5) is 12.7. The van der Waals surface area contributed by atoms with Crippen LogP contribution in [0.2, 0.25) is 10.0 Å². The molecule has 3 aromatic rings. The van der Waals surface area contributed by atoms with Gasteiger partial charge in [0.15, 0.2) is 0 Å². The molecule has 0 aliphatic heterocycles. The molecule has 7 nitrogen and oxygen atoms in total. The topological polar surface area (TPSA) is 84.9 Å². The van der Waals surface area contributed by atoms with E-state index in [0.717, 1.165) is 4.31 Å². The fraction of sp³-hybridized carbons (Fsp3) is 0.174. The minimum Gasteiger partial charge on any atom is -0.495 e. The number of hydrogen-bond donors (Lipinski definition) is 1. The Hall–Kier alpha value is -2.78. The second kappa shape index (κ2) is 10.9. The number of ether oxygens (including phenoxy) is 2. The molecule has 0 unspecified atom stereocenters. The molecular formula is C23H22Cl2N2O5S. The van der Waals surface area contributed by atoms with Gasteiger partial charge in [-0.3, -0.25) is 4.79 Å². The fourth-order valence-corrected chi connectivity index (χ4v) is 5.17. The standard InChI is InChI=1S/C23H22Cl2N2O5S/c1-31-20-11-9-18(13-19(20)25)26-23(28)15-27(14-16-6-4-3-5-7-16)33(29,30)22-12-17(24)8-10-21(22)32-2/h3-13H,14-15H2,1-2H3,(H,26,28). The van der Waals surface area contributed by atoms with E-state index in [0.29, 0.717) is 22.0 Å². The van der Waals surface area contributed by atoms with Crippen LogP contribution in [-0.4, -0.2) is 39.4 Å². The van der Waals surface area contributed by atoms with Crippen molar-refractivity contribution in [3.63, 3.8) is 0 Å². The second-order valence-corrected chi connectivity index (χ2v) is 9.70. The van der Waals surface area contributed by atoms with Crippen molar-refractivity contribution in [1.29, 1.82) is 0 Å². The smallest absolute Gasteiger partial charge is 0.247 e. The first-order valence-corrected chi connectivity index (χ1v) is 11.9. The van der Waals surface area contributed by atoms with E-state index in [2.05, 4.69) is 5.32 Å². The first-order valence-electron chi connectivity index (χ1n) is 9.75. The summed E-state index contributed by atoms with van der Waals surface area (Å²) < 4.78 is 38.5. The lowest BCUT2D eigenvalue weighted by molar-refractivity contribution is -0.116. The van der Waals surface area contributed by atoms with Crippen LogP contribution in [0, 0.1) is 0 Å². The molecule has 0 aliphatic carbocycles. The molecule has 0 heterocycles. The van der Waals surface area contributed by atoms with Crippen LogP contribution in [0.25, 0.3) is 0 Å². The Bertz CT molecular complexity index is 1240. The minimum atomic E-state index is -4.15. The summed E-state index contributed by atoms with van der Waals surface area (Å²) in [6, 6.07) is 18.0. The monoisotopic (exact) mass is 508 g/mol. The van der Waals surface area contributed by atoms with E-state index in [1.165, 1.54) is 38.5 Å². The second-order valence-electron chi connectivity index (χ2n) is 6.95. The molecule has 0 saturated heterocycles. The first kappa shape index (κ1) is 24.9. The van der Waals surface area contributed by atoms with Gasteiger partial charge in [0.2, 0.25) is 15.9 Å². The highest BCUT2D eigenvalue weighted by molar-refractivity contribution is 7.89. The molecule has 174 valence electrons. The Balaban J connectivity index is 1.92. The molecule has 1 N–H and O–H groups in total. The van der Waals surface area contributed by atoms with Gasteiger partial charge >= 0.3 is 0 Å². The number of amides is 1. The average molecular weight is 509 g/mol. The number of methoxy groups -OCH3 is 2. The molecule has 1 amide bonds. The third kappa shape index (κ3) is 6.17. The van der Waals surface area contributed by atoms with Crippen LogP contribution in [0.4, 0.5) is 5.69 Å². The highest BCUT2D eigenvalue weighted by Crippen LogP contribution is 2.31. The van der Waals surface area contributed by atoms with Crippen molar-refractivity contribution in [2.45, 2.75) is 11.4 Å². The molecule has 10 heteroatoms. The molecule has 3 rings (SSSR count). The maximum Gasteiger partial charge on any atom is 0.247 e. The summed E-state index contributed by atoms with van der Waals surface area (Å²) in [7, 11) is -1.31. The summed E-state index contributed by atoms with van der Waals surface area (Å²) in [6.07, 6.45) is 0. The maximum absolute atomic E-state index is 13.6. The van der Waals surface area contributed by atoms with Crippen molar-refractivity contribution in [3.8, 4) is 11.5 Å².